The van der Waals surface area contributed by atoms with E-state index in [0.29, 0.717) is 12.8 Å². The summed E-state index contributed by atoms with van der Waals surface area (Å²) in [4.78, 5) is 11.7. The van der Waals surface area contributed by atoms with E-state index in [1.54, 1.807) is 6.92 Å². The van der Waals surface area contributed by atoms with Crippen molar-refractivity contribution >= 4 is 11.7 Å². The van der Waals surface area contributed by atoms with E-state index in [1.165, 1.54) is 0 Å². The molecule has 2 amide bonds. The lowest BCUT2D eigenvalue weighted by Crippen LogP contribution is -2.36. The Hall–Kier alpha value is -1.96. The van der Waals surface area contributed by atoms with E-state index in [-0.39, 0.29) is 18.3 Å². The number of halogens is 3. The molecule has 21 heavy (non-hydrogen) atoms. The first-order chi connectivity index (χ1) is 9.92. The summed E-state index contributed by atoms with van der Waals surface area (Å²) >= 11 is 0. The van der Waals surface area contributed by atoms with Gasteiger partial charge in [-0.05, 0) is 31.9 Å². The summed E-state index contributed by atoms with van der Waals surface area (Å²) in [6.45, 7) is -1.38. The third-order valence-electron chi connectivity index (χ3n) is 2.58. The molecular weight excluding hydrogens is 289 g/mol. The van der Waals surface area contributed by atoms with E-state index in [1.807, 2.05) is 0 Å². The Bertz CT molecular complexity index is 472. The van der Waals surface area contributed by atoms with Crippen molar-refractivity contribution in [2.24, 2.45) is 0 Å². The van der Waals surface area contributed by atoms with Gasteiger partial charge in [-0.2, -0.15) is 8.78 Å². The summed E-state index contributed by atoms with van der Waals surface area (Å²) in [5.74, 6) is -1.21. The smallest absolute Gasteiger partial charge is 0.387 e. The molecule has 0 aliphatic carbocycles. The molecule has 0 saturated carbocycles. The number of aliphatic hydroxyl groups is 1. The minimum absolute atomic E-state index is 0.0119. The van der Waals surface area contributed by atoms with Crippen molar-refractivity contribution in [3.63, 3.8) is 0 Å². The lowest BCUT2D eigenvalue weighted by molar-refractivity contribution is -0.0495. The molecule has 1 aromatic rings. The van der Waals surface area contributed by atoms with Crippen LogP contribution in [0, 0.1) is 5.82 Å². The number of carbonyl (C=O) groups is 1. The fourth-order valence-corrected chi connectivity index (χ4v) is 1.64. The second-order valence-electron chi connectivity index (χ2n) is 4.38. The number of hydrogen-bond donors (Lipinski definition) is 3. The van der Waals surface area contributed by atoms with Crippen LogP contribution in [0.5, 0.6) is 5.75 Å². The normalized spacial score (nSPS) is 12.1. The Balaban J connectivity index is 2.66. The Labute approximate surface area is 120 Å². The monoisotopic (exact) mass is 306 g/mol. The van der Waals surface area contributed by atoms with Gasteiger partial charge in [0.25, 0.3) is 0 Å². The number of amides is 2. The molecule has 0 heterocycles. The van der Waals surface area contributed by atoms with Gasteiger partial charge in [0, 0.05) is 18.7 Å². The number of alkyl halides is 2. The second-order valence-corrected chi connectivity index (χ2v) is 4.38. The minimum Gasteiger partial charge on any atom is -0.432 e. The standard InChI is InChI=1S/C13H17F3N2O3/c1-8(3-2-6-19)17-13(20)18-10-5-4-9(14)7-11(10)21-12(15)16/h4-5,7-8,12,19H,2-3,6H2,1H3,(H2,17,18,20). The van der Waals surface area contributed by atoms with Gasteiger partial charge in [-0.3, -0.25) is 0 Å². The van der Waals surface area contributed by atoms with Crippen molar-refractivity contribution in [2.45, 2.75) is 32.4 Å². The van der Waals surface area contributed by atoms with E-state index >= 15 is 0 Å². The number of nitrogens with one attached hydrogen (secondary N) is 2. The van der Waals surface area contributed by atoms with Gasteiger partial charge in [-0.25, -0.2) is 9.18 Å². The first kappa shape index (κ1) is 17.1. The number of ether oxygens (including phenoxy) is 1. The molecule has 0 aliphatic heterocycles. The molecule has 0 fully saturated rings. The maximum absolute atomic E-state index is 13.0. The number of anilines is 1. The fraction of sp³-hybridized carbons (Fsp3) is 0.462. The molecule has 8 heteroatoms. The van der Waals surface area contributed by atoms with Crippen LogP contribution in [-0.4, -0.2) is 30.4 Å². The Morgan fingerprint density at radius 2 is 2.14 bits per heavy atom. The molecule has 0 radical (unpaired) electrons. The molecule has 118 valence electrons. The van der Waals surface area contributed by atoms with Crippen molar-refractivity contribution in [3.05, 3.63) is 24.0 Å². The number of rotatable bonds is 7. The summed E-state index contributed by atoms with van der Waals surface area (Å²) in [7, 11) is 0. The molecule has 3 N–H and O–H groups in total. The van der Waals surface area contributed by atoms with Crippen molar-refractivity contribution in [3.8, 4) is 5.75 Å². The van der Waals surface area contributed by atoms with Gasteiger partial charge in [0.05, 0.1) is 5.69 Å². The van der Waals surface area contributed by atoms with Crippen molar-refractivity contribution in [2.75, 3.05) is 11.9 Å². The first-order valence-electron chi connectivity index (χ1n) is 6.35. The fourth-order valence-electron chi connectivity index (χ4n) is 1.64. The summed E-state index contributed by atoms with van der Waals surface area (Å²) in [5.41, 5.74) is -0.0661. The quantitative estimate of drug-likeness (QED) is 0.725. The molecule has 1 rings (SSSR count). The Kier molecular flexibility index (Phi) is 6.80. The van der Waals surface area contributed by atoms with Crippen molar-refractivity contribution in [1.29, 1.82) is 0 Å². The molecule has 0 aromatic heterocycles. The van der Waals surface area contributed by atoms with Crippen LogP contribution in [0.25, 0.3) is 0 Å². The van der Waals surface area contributed by atoms with E-state index in [4.69, 9.17) is 5.11 Å². The molecular formula is C13H17F3N2O3. The molecule has 0 saturated heterocycles. The molecule has 0 aliphatic rings. The SMILES string of the molecule is CC(CCCO)NC(=O)Nc1ccc(F)cc1OC(F)F. The third-order valence-corrected chi connectivity index (χ3v) is 2.58. The summed E-state index contributed by atoms with van der Waals surface area (Å²) < 4.78 is 41.6. The van der Waals surface area contributed by atoms with Crippen LogP contribution in [0.4, 0.5) is 23.7 Å². The highest BCUT2D eigenvalue weighted by Crippen LogP contribution is 2.27. The predicted octanol–water partition coefficient (Wildman–Crippen LogP) is 2.71. The molecule has 1 atom stereocenters. The van der Waals surface area contributed by atoms with E-state index < -0.39 is 24.2 Å². The Morgan fingerprint density at radius 1 is 1.43 bits per heavy atom. The number of aliphatic hydroxyl groups excluding tert-OH is 1. The van der Waals surface area contributed by atoms with Crippen LogP contribution in [0.2, 0.25) is 0 Å². The van der Waals surface area contributed by atoms with E-state index in [9.17, 15) is 18.0 Å². The van der Waals surface area contributed by atoms with Gasteiger partial charge < -0.3 is 20.5 Å². The van der Waals surface area contributed by atoms with E-state index in [2.05, 4.69) is 15.4 Å². The van der Waals surface area contributed by atoms with Gasteiger partial charge in [0.1, 0.15) is 5.82 Å². The Morgan fingerprint density at radius 3 is 2.76 bits per heavy atom. The van der Waals surface area contributed by atoms with Gasteiger partial charge in [-0.1, -0.05) is 0 Å². The lowest BCUT2D eigenvalue weighted by atomic mass is 10.2. The van der Waals surface area contributed by atoms with Crippen LogP contribution in [0.15, 0.2) is 18.2 Å². The van der Waals surface area contributed by atoms with Gasteiger partial charge in [0.15, 0.2) is 5.75 Å². The number of hydrogen-bond acceptors (Lipinski definition) is 3. The molecule has 0 bridgehead atoms. The van der Waals surface area contributed by atoms with Gasteiger partial charge in [-0.15, -0.1) is 0 Å². The van der Waals surface area contributed by atoms with Gasteiger partial charge >= 0.3 is 12.6 Å². The molecule has 1 unspecified atom stereocenters. The topological polar surface area (TPSA) is 70.6 Å². The molecule has 5 nitrogen and oxygen atoms in total. The summed E-state index contributed by atoms with van der Waals surface area (Å²) in [6, 6.07) is 2.06. The highest BCUT2D eigenvalue weighted by atomic mass is 19.3. The van der Waals surface area contributed by atoms with Crippen molar-refractivity contribution in [1.82, 2.24) is 5.32 Å². The highest BCUT2D eigenvalue weighted by molar-refractivity contribution is 5.91. The van der Waals surface area contributed by atoms with Crippen LogP contribution >= 0.6 is 0 Å². The molecule has 1 aromatic carbocycles. The number of benzene rings is 1. The zero-order valence-corrected chi connectivity index (χ0v) is 11.4. The van der Waals surface area contributed by atoms with Crippen LogP contribution < -0.4 is 15.4 Å². The van der Waals surface area contributed by atoms with Gasteiger partial charge in [0.2, 0.25) is 0 Å². The van der Waals surface area contributed by atoms with Crippen LogP contribution in [0.1, 0.15) is 19.8 Å². The maximum atomic E-state index is 13.0. The molecule has 0 spiro atoms. The number of carbonyl (C=O) groups excluding carboxylic acids is 1. The summed E-state index contributed by atoms with van der Waals surface area (Å²) in [6.07, 6.45) is 1.09. The zero-order chi connectivity index (χ0) is 15.8. The average Bonchev–Trinajstić information content (AvgIpc) is 2.38. The predicted molar refractivity (Wildman–Crippen MR) is 71.0 cm³/mol. The minimum atomic E-state index is -3.13. The third kappa shape index (κ3) is 6.35. The van der Waals surface area contributed by atoms with Crippen LogP contribution in [-0.2, 0) is 0 Å². The largest absolute Gasteiger partial charge is 0.432 e. The summed E-state index contributed by atoms with van der Waals surface area (Å²) in [5, 5.41) is 13.6. The lowest BCUT2D eigenvalue weighted by Gasteiger charge is -2.16. The average molecular weight is 306 g/mol. The first-order valence-corrected chi connectivity index (χ1v) is 6.35. The second kappa shape index (κ2) is 8.35. The highest BCUT2D eigenvalue weighted by Gasteiger charge is 2.14. The van der Waals surface area contributed by atoms with Crippen LogP contribution in [0.3, 0.4) is 0 Å². The van der Waals surface area contributed by atoms with Crippen molar-refractivity contribution < 1.29 is 27.8 Å². The number of urea groups is 1. The maximum Gasteiger partial charge on any atom is 0.387 e. The van der Waals surface area contributed by atoms with E-state index in [0.717, 1.165) is 18.2 Å². The zero-order valence-electron chi connectivity index (χ0n) is 11.4.